The number of carbonyl (C=O) groups excluding carboxylic acids is 2. The number of nitrogens with zero attached hydrogens (tertiary/aromatic N) is 2. The molecule has 0 saturated heterocycles. The molecule has 0 fully saturated rings. The fraction of sp³-hybridized carbons (Fsp3) is 0.500. The summed E-state index contributed by atoms with van der Waals surface area (Å²) in [5.41, 5.74) is 3.17. The largest absolute Gasteiger partial charge is 0.354 e. The van der Waals surface area contributed by atoms with Crippen molar-refractivity contribution in [2.45, 2.75) is 72.4 Å². The van der Waals surface area contributed by atoms with Crippen LogP contribution in [0.3, 0.4) is 0 Å². The van der Waals surface area contributed by atoms with Crippen LogP contribution in [0, 0.1) is 13.8 Å². The maximum Gasteiger partial charge on any atom is 0.242 e. The minimum Gasteiger partial charge on any atom is -0.354 e. The molecule has 2 aromatic rings. The Labute approximate surface area is 227 Å². The van der Waals surface area contributed by atoms with Crippen LogP contribution in [0.15, 0.2) is 42.5 Å². The first-order chi connectivity index (χ1) is 17.5. The van der Waals surface area contributed by atoms with Gasteiger partial charge in [-0.1, -0.05) is 62.2 Å². The van der Waals surface area contributed by atoms with Crippen LogP contribution in [-0.2, 0) is 26.2 Å². The van der Waals surface area contributed by atoms with Crippen molar-refractivity contribution < 1.29 is 18.0 Å². The summed E-state index contributed by atoms with van der Waals surface area (Å²) in [6.45, 7) is 8.62. The van der Waals surface area contributed by atoms with Crippen molar-refractivity contribution in [3.63, 3.8) is 0 Å². The smallest absolute Gasteiger partial charge is 0.242 e. The molecule has 0 aliphatic rings. The predicted molar refractivity (Wildman–Crippen MR) is 151 cm³/mol. The number of halogens is 1. The molecule has 0 saturated carbocycles. The van der Waals surface area contributed by atoms with Crippen molar-refractivity contribution >= 4 is 39.1 Å². The van der Waals surface area contributed by atoms with Crippen LogP contribution < -0.4 is 9.62 Å². The summed E-state index contributed by atoms with van der Waals surface area (Å²) in [6.07, 6.45) is 3.85. The van der Waals surface area contributed by atoms with Gasteiger partial charge in [-0.05, 0) is 61.9 Å². The monoisotopic (exact) mass is 549 g/mol. The number of anilines is 1. The fourth-order valence-corrected chi connectivity index (χ4v) is 5.42. The fourth-order valence-electron chi connectivity index (χ4n) is 4.21. The number of benzene rings is 2. The molecule has 9 heteroatoms. The van der Waals surface area contributed by atoms with Gasteiger partial charge in [0.05, 0.1) is 11.9 Å². The Bertz CT molecular complexity index is 1170. The molecule has 0 spiro atoms. The van der Waals surface area contributed by atoms with Crippen LogP contribution in [0.4, 0.5) is 5.69 Å². The molecule has 37 heavy (non-hydrogen) atoms. The van der Waals surface area contributed by atoms with E-state index in [2.05, 4.69) is 12.2 Å². The Hall–Kier alpha value is -2.58. The molecule has 7 nitrogen and oxygen atoms in total. The summed E-state index contributed by atoms with van der Waals surface area (Å²) in [5, 5.41) is 3.47. The highest BCUT2D eigenvalue weighted by Gasteiger charge is 2.29. The number of unbranched alkanes of at least 4 members (excludes halogenated alkanes) is 1. The summed E-state index contributed by atoms with van der Waals surface area (Å²) in [6, 6.07) is 12.3. The van der Waals surface area contributed by atoms with Crippen molar-refractivity contribution in [3.05, 3.63) is 64.2 Å². The zero-order chi connectivity index (χ0) is 27.6. The van der Waals surface area contributed by atoms with Crippen molar-refractivity contribution in [2.75, 3.05) is 23.7 Å². The third-order valence-corrected chi connectivity index (χ3v) is 7.85. The standard InChI is InChI=1S/C28H40ClN3O4S/c1-6-8-17-30-28(34)25(7-2)31(20-23-12-9-10-13-24(23)29)27(33)14-11-18-32(37(5,35)36)26-19-21(3)15-16-22(26)4/h9-10,12-13,15-16,19,25H,6-8,11,14,17-18,20H2,1-5H3,(H,30,34). The van der Waals surface area contributed by atoms with Crippen molar-refractivity contribution in [2.24, 2.45) is 0 Å². The number of hydrogen-bond donors (Lipinski definition) is 1. The van der Waals surface area contributed by atoms with E-state index in [4.69, 9.17) is 11.6 Å². The summed E-state index contributed by atoms with van der Waals surface area (Å²) >= 11 is 6.38. The van der Waals surface area contributed by atoms with E-state index in [1.54, 1.807) is 11.0 Å². The lowest BCUT2D eigenvalue weighted by Gasteiger charge is -2.31. The molecule has 0 heterocycles. The second-order valence-electron chi connectivity index (χ2n) is 9.41. The molecule has 2 rings (SSSR count). The van der Waals surface area contributed by atoms with Gasteiger partial charge in [-0.25, -0.2) is 8.42 Å². The van der Waals surface area contributed by atoms with E-state index in [9.17, 15) is 18.0 Å². The van der Waals surface area contributed by atoms with E-state index in [1.165, 1.54) is 10.6 Å². The molecule has 1 atom stereocenters. The molecule has 0 aliphatic heterocycles. The average molecular weight is 550 g/mol. The lowest BCUT2D eigenvalue weighted by molar-refractivity contribution is -0.141. The van der Waals surface area contributed by atoms with Gasteiger partial charge in [-0.15, -0.1) is 0 Å². The predicted octanol–water partition coefficient (Wildman–Crippen LogP) is 5.23. The van der Waals surface area contributed by atoms with E-state index in [0.29, 0.717) is 30.1 Å². The topological polar surface area (TPSA) is 86.8 Å². The Kier molecular flexibility index (Phi) is 11.9. The van der Waals surface area contributed by atoms with E-state index < -0.39 is 16.1 Å². The highest BCUT2D eigenvalue weighted by atomic mass is 35.5. The van der Waals surface area contributed by atoms with Gasteiger partial charge >= 0.3 is 0 Å². The molecule has 0 aliphatic carbocycles. The number of nitrogens with one attached hydrogen (secondary N) is 1. The summed E-state index contributed by atoms with van der Waals surface area (Å²) < 4.78 is 26.6. The lowest BCUT2D eigenvalue weighted by Crippen LogP contribution is -2.49. The first-order valence-corrected chi connectivity index (χ1v) is 15.1. The molecular formula is C28H40ClN3O4S. The molecular weight excluding hydrogens is 510 g/mol. The zero-order valence-electron chi connectivity index (χ0n) is 22.6. The maximum atomic E-state index is 13.5. The highest BCUT2D eigenvalue weighted by Crippen LogP contribution is 2.25. The molecule has 0 bridgehead atoms. The van der Waals surface area contributed by atoms with Gasteiger partial charge in [0.2, 0.25) is 21.8 Å². The molecule has 2 aromatic carbocycles. The van der Waals surface area contributed by atoms with E-state index in [0.717, 1.165) is 29.5 Å². The van der Waals surface area contributed by atoms with Crippen molar-refractivity contribution in [3.8, 4) is 0 Å². The van der Waals surface area contributed by atoms with E-state index in [1.807, 2.05) is 57.2 Å². The minimum atomic E-state index is -3.55. The summed E-state index contributed by atoms with van der Waals surface area (Å²) in [4.78, 5) is 28.1. The van der Waals surface area contributed by atoms with Gasteiger partial charge < -0.3 is 10.2 Å². The van der Waals surface area contributed by atoms with Gasteiger partial charge in [0.25, 0.3) is 0 Å². The minimum absolute atomic E-state index is 0.0973. The van der Waals surface area contributed by atoms with Gasteiger partial charge in [0.1, 0.15) is 6.04 Å². The second-order valence-corrected chi connectivity index (χ2v) is 11.7. The van der Waals surface area contributed by atoms with Crippen LogP contribution >= 0.6 is 11.6 Å². The number of amides is 2. The summed E-state index contributed by atoms with van der Waals surface area (Å²) in [5.74, 6) is -0.406. The number of carbonyl (C=O) groups is 2. The Balaban J connectivity index is 2.24. The second kappa shape index (κ2) is 14.4. The quantitative estimate of drug-likeness (QED) is 0.327. The first-order valence-electron chi connectivity index (χ1n) is 12.8. The van der Waals surface area contributed by atoms with Crippen molar-refractivity contribution in [1.82, 2.24) is 10.2 Å². The molecule has 1 N–H and O–H groups in total. The lowest BCUT2D eigenvalue weighted by atomic mass is 10.1. The van der Waals surface area contributed by atoms with Crippen LogP contribution in [-0.4, -0.2) is 50.5 Å². The number of aryl methyl sites for hydroxylation is 2. The SMILES string of the molecule is CCCCNC(=O)C(CC)N(Cc1ccccc1Cl)C(=O)CCCN(c1cc(C)ccc1C)S(C)(=O)=O. The van der Waals surface area contributed by atoms with Gasteiger partial charge in [-0.3, -0.25) is 13.9 Å². The third-order valence-electron chi connectivity index (χ3n) is 6.30. The Morgan fingerprint density at radius 3 is 2.38 bits per heavy atom. The van der Waals surface area contributed by atoms with Crippen molar-refractivity contribution in [1.29, 1.82) is 0 Å². The van der Waals surface area contributed by atoms with Crippen LogP contribution in [0.5, 0.6) is 0 Å². The zero-order valence-corrected chi connectivity index (χ0v) is 24.2. The molecule has 0 radical (unpaired) electrons. The molecule has 204 valence electrons. The van der Waals surface area contributed by atoms with Gasteiger partial charge in [0, 0.05) is 31.1 Å². The number of hydrogen-bond acceptors (Lipinski definition) is 4. The number of sulfonamides is 1. The van der Waals surface area contributed by atoms with Crippen LogP contribution in [0.25, 0.3) is 0 Å². The molecule has 1 unspecified atom stereocenters. The van der Waals surface area contributed by atoms with Crippen LogP contribution in [0.1, 0.15) is 62.6 Å². The third kappa shape index (κ3) is 9.04. The van der Waals surface area contributed by atoms with Crippen LogP contribution in [0.2, 0.25) is 5.02 Å². The Morgan fingerprint density at radius 1 is 1.05 bits per heavy atom. The first kappa shape index (κ1) is 30.6. The average Bonchev–Trinajstić information content (AvgIpc) is 2.84. The van der Waals surface area contributed by atoms with Gasteiger partial charge in [0.15, 0.2) is 0 Å². The highest BCUT2D eigenvalue weighted by molar-refractivity contribution is 7.92. The number of rotatable bonds is 14. The van der Waals surface area contributed by atoms with E-state index in [-0.39, 0.29) is 31.3 Å². The van der Waals surface area contributed by atoms with Gasteiger partial charge in [-0.2, -0.15) is 0 Å². The molecule has 0 aromatic heterocycles. The molecule has 2 amide bonds. The van der Waals surface area contributed by atoms with E-state index >= 15 is 0 Å². The maximum absolute atomic E-state index is 13.5. The Morgan fingerprint density at radius 2 is 1.76 bits per heavy atom. The summed E-state index contributed by atoms with van der Waals surface area (Å²) in [7, 11) is -3.55. The normalized spacial score (nSPS) is 12.2.